The van der Waals surface area contributed by atoms with E-state index in [2.05, 4.69) is 5.32 Å². The van der Waals surface area contributed by atoms with Crippen LogP contribution in [0.25, 0.3) is 11.8 Å². The number of carbonyl (C=O) groups is 1. The van der Waals surface area contributed by atoms with Gasteiger partial charge in [-0.3, -0.25) is 9.36 Å². The van der Waals surface area contributed by atoms with Crippen molar-refractivity contribution >= 4 is 34.8 Å². The van der Waals surface area contributed by atoms with Crippen LogP contribution in [0.5, 0.6) is 5.75 Å². The second-order valence-electron chi connectivity index (χ2n) is 4.83. The summed E-state index contributed by atoms with van der Waals surface area (Å²) in [5.74, 6) is -0.712. The molecule has 0 radical (unpaired) electrons. The third-order valence-electron chi connectivity index (χ3n) is 3.29. The van der Waals surface area contributed by atoms with Crippen molar-refractivity contribution in [2.75, 3.05) is 11.9 Å². The van der Waals surface area contributed by atoms with Gasteiger partial charge in [0.15, 0.2) is 5.57 Å². The van der Waals surface area contributed by atoms with Crippen molar-refractivity contribution in [3.8, 4) is 11.8 Å². The zero-order valence-electron chi connectivity index (χ0n) is 13.8. The predicted octanol–water partition coefficient (Wildman–Crippen LogP) is 0.723. The first-order chi connectivity index (χ1) is 12.0. The van der Waals surface area contributed by atoms with E-state index in [1.54, 1.807) is 32.0 Å². The molecule has 0 atom stereocenters. The number of nitriles is 1. The molecule has 1 aromatic heterocycles. The Hall–Kier alpha value is -3.05. The Kier molecular flexibility index (Phi) is 5.98. The quantitative estimate of drug-likeness (QED) is 0.602. The lowest BCUT2D eigenvalue weighted by Crippen LogP contribution is -2.32. The molecule has 0 unspecified atom stereocenters. The Morgan fingerprint density at radius 1 is 1.44 bits per heavy atom. The van der Waals surface area contributed by atoms with Crippen LogP contribution in [0.2, 0.25) is 0 Å². The average molecular weight is 359 g/mol. The van der Waals surface area contributed by atoms with Gasteiger partial charge in [0.05, 0.1) is 12.3 Å². The van der Waals surface area contributed by atoms with Gasteiger partial charge in [-0.2, -0.15) is 5.26 Å². The average Bonchev–Trinajstić information content (AvgIpc) is 2.91. The van der Waals surface area contributed by atoms with Gasteiger partial charge in [0.2, 0.25) is 0 Å². The maximum atomic E-state index is 12.5. The molecule has 0 fully saturated rings. The van der Waals surface area contributed by atoms with Gasteiger partial charge in [0.1, 0.15) is 21.0 Å². The lowest BCUT2D eigenvalue weighted by Gasteiger charge is -2.01. The van der Waals surface area contributed by atoms with Gasteiger partial charge in [-0.1, -0.05) is 12.1 Å². The smallest absolute Gasteiger partial charge is 0.351 e. The van der Waals surface area contributed by atoms with E-state index < -0.39 is 5.97 Å². The maximum Gasteiger partial charge on any atom is 0.351 e. The van der Waals surface area contributed by atoms with Gasteiger partial charge >= 0.3 is 5.97 Å². The minimum Gasteiger partial charge on any atom is -0.506 e. The summed E-state index contributed by atoms with van der Waals surface area (Å²) >= 11 is 1.01. The van der Waals surface area contributed by atoms with Gasteiger partial charge in [-0.15, -0.1) is 11.3 Å². The highest BCUT2D eigenvalue weighted by atomic mass is 32.1. The maximum absolute atomic E-state index is 12.5. The van der Waals surface area contributed by atoms with Crippen LogP contribution in [0.3, 0.4) is 0 Å². The number of aromatic hydroxyl groups is 1. The zero-order valence-corrected chi connectivity index (χ0v) is 14.6. The monoisotopic (exact) mass is 359 g/mol. The SMILES string of the molecule is CCOC(=O)/C(C#N)=c1\s/c(=C/Nc2ccccc2O)c(=O)n1CC. The van der Waals surface area contributed by atoms with Crippen molar-refractivity contribution in [1.82, 2.24) is 4.57 Å². The number of phenols is 1. The number of nitrogens with zero attached hydrogens (tertiary/aromatic N) is 2. The molecule has 130 valence electrons. The van der Waals surface area contributed by atoms with Crippen LogP contribution in [0.4, 0.5) is 5.69 Å². The van der Waals surface area contributed by atoms with Gasteiger partial charge in [-0.05, 0) is 26.0 Å². The molecule has 7 nitrogen and oxygen atoms in total. The first kappa shape index (κ1) is 18.3. The third-order valence-corrected chi connectivity index (χ3v) is 4.42. The van der Waals surface area contributed by atoms with Crippen LogP contribution in [0.1, 0.15) is 13.8 Å². The molecule has 0 aliphatic carbocycles. The summed E-state index contributed by atoms with van der Waals surface area (Å²) < 4.78 is 6.77. The second-order valence-corrected chi connectivity index (χ2v) is 5.86. The van der Waals surface area contributed by atoms with Crippen molar-refractivity contribution in [3.63, 3.8) is 0 Å². The minimum absolute atomic E-state index is 0.0437. The molecule has 0 amide bonds. The molecular weight excluding hydrogens is 342 g/mol. The Morgan fingerprint density at radius 2 is 2.16 bits per heavy atom. The van der Waals surface area contributed by atoms with E-state index in [-0.39, 0.29) is 28.2 Å². The molecule has 0 spiro atoms. The Morgan fingerprint density at radius 3 is 2.76 bits per heavy atom. The Bertz CT molecular complexity index is 998. The van der Waals surface area contributed by atoms with E-state index in [4.69, 9.17) is 4.74 Å². The van der Waals surface area contributed by atoms with Crippen LogP contribution in [-0.4, -0.2) is 22.2 Å². The summed E-state index contributed by atoms with van der Waals surface area (Å²) in [5.41, 5.74) is -0.0924. The van der Waals surface area contributed by atoms with Gasteiger partial charge < -0.3 is 15.2 Å². The molecular formula is C17H17N3O4S. The summed E-state index contributed by atoms with van der Waals surface area (Å²) in [4.78, 5) is 24.4. The number of rotatable bonds is 5. The summed E-state index contributed by atoms with van der Waals surface area (Å²) in [6, 6.07) is 8.41. The summed E-state index contributed by atoms with van der Waals surface area (Å²) in [6.45, 7) is 3.83. The van der Waals surface area contributed by atoms with Crippen LogP contribution >= 0.6 is 11.3 Å². The van der Waals surface area contributed by atoms with Crippen LogP contribution < -0.4 is 20.1 Å². The number of ether oxygens (including phenoxy) is 1. The third kappa shape index (κ3) is 3.89. The highest BCUT2D eigenvalue weighted by Gasteiger charge is 2.16. The van der Waals surface area contributed by atoms with E-state index in [0.717, 1.165) is 11.3 Å². The number of benzene rings is 1. The number of carbonyl (C=O) groups excluding carboxylic acids is 1. The fourth-order valence-corrected chi connectivity index (χ4v) is 3.19. The first-order valence-corrected chi connectivity index (χ1v) is 8.41. The van der Waals surface area contributed by atoms with Gasteiger partial charge in [-0.25, -0.2) is 4.79 Å². The molecule has 25 heavy (non-hydrogen) atoms. The lowest BCUT2D eigenvalue weighted by atomic mass is 10.3. The molecule has 0 saturated carbocycles. The van der Waals surface area contributed by atoms with Crippen molar-refractivity contribution in [2.45, 2.75) is 20.4 Å². The zero-order chi connectivity index (χ0) is 18.4. The Labute approximate surface area is 147 Å². The number of esters is 1. The van der Waals surface area contributed by atoms with Crippen LogP contribution in [0.15, 0.2) is 29.1 Å². The van der Waals surface area contributed by atoms with Crippen molar-refractivity contribution < 1.29 is 14.6 Å². The number of anilines is 1. The number of thiazole rings is 1. The van der Waals surface area contributed by atoms with E-state index in [1.807, 2.05) is 6.07 Å². The molecule has 2 N–H and O–H groups in total. The van der Waals surface area contributed by atoms with Crippen molar-refractivity contribution in [2.24, 2.45) is 0 Å². The van der Waals surface area contributed by atoms with E-state index in [0.29, 0.717) is 16.8 Å². The molecule has 1 heterocycles. The van der Waals surface area contributed by atoms with Gasteiger partial charge in [0, 0.05) is 12.7 Å². The molecule has 2 rings (SSSR count). The van der Waals surface area contributed by atoms with Crippen molar-refractivity contribution in [1.29, 1.82) is 5.26 Å². The summed E-state index contributed by atoms with van der Waals surface area (Å²) in [5, 5.41) is 21.9. The number of nitrogens with one attached hydrogen (secondary N) is 1. The predicted molar refractivity (Wildman–Crippen MR) is 95.4 cm³/mol. The van der Waals surface area contributed by atoms with E-state index in [9.17, 15) is 20.0 Å². The van der Waals surface area contributed by atoms with Crippen molar-refractivity contribution in [3.05, 3.63) is 43.8 Å². The normalized spacial score (nSPS) is 12.4. The van der Waals surface area contributed by atoms with E-state index >= 15 is 0 Å². The number of phenolic OH excluding ortho intramolecular Hbond substituents is 1. The highest BCUT2D eigenvalue weighted by molar-refractivity contribution is 7.07. The van der Waals surface area contributed by atoms with Crippen LogP contribution in [0, 0.1) is 11.3 Å². The Balaban J connectivity index is 2.60. The highest BCUT2D eigenvalue weighted by Crippen LogP contribution is 2.21. The lowest BCUT2D eigenvalue weighted by molar-refractivity contribution is -0.136. The number of para-hydroxylation sites is 2. The number of hydrogen-bond acceptors (Lipinski definition) is 7. The summed E-state index contributed by atoms with van der Waals surface area (Å²) in [7, 11) is 0. The largest absolute Gasteiger partial charge is 0.506 e. The first-order valence-electron chi connectivity index (χ1n) is 7.59. The molecule has 0 bridgehead atoms. The number of hydrogen-bond donors (Lipinski definition) is 2. The minimum atomic E-state index is -0.756. The van der Waals surface area contributed by atoms with Crippen LogP contribution in [-0.2, 0) is 16.1 Å². The second kappa shape index (κ2) is 8.17. The standard InChI is InChI=1S/C17H17N3O4S/c1-3-20-15(22)14(10-19-12-7-5-6-8-13(12)21)25-16(20)11(9-18)17(23)24-4-2/h5-8,10,19,21H,3-4H2,1-2H3/b14-10+,16-11-. The fourth-order valence-electron chi connectivity index (χ4n) is 2.12. The molecule has 2 aromatic rings. The molecule has 0 aliphatic heterocycles. The molecule has 1 aromatic carbocycles. The molecule has 0 aliphatic rings. The molecule has 0 saturated heterocycles. The molecule has 8 heteroatoms. The number of aromatic nitrogens is 1. The van der Waals surface area contributed by atoms with E-state index in [1.165, 1.54) is 16.8 Å². The topological polar surface area (TPSA) is 104 Å². The summed E-state index contributed by atoms with van der Waals surface area (Å²) in [6.07, 6.45) is 1.44. The fraction of sp³-hybridized carbons (Fsp3) is 0.235. The van der Waals surface area contributed by atoms with Gasteiger partial charge in [0.25, 0.3) is 5.56 Å².